The number of hydrogen-bond donors (Lipinski definition) is 2. The Morgan fingerprint density at radius 2 is 2.20 bits per heavy atom. The number of nitrogens with two attached hydrogens (primary N) is 1. The van der Waals surface area contributed by atoms with Gasteiger partial charge in [-0.2, -0.15) is 4.98 Å². The SMILES string of the molecule is Cc1nc(N)nc(NCC(C)N(C)C2CC2)c1[N+](=O)[O-]. The second-order valence-corrected chi connectivity index (χ2v) is 5.25. The predicted octanol–water partition coefficient (Wildman–Crippen LogP) is 1.17. The zero-order valence-electron chi connectivity index (χ0n) is 12.0. The molecule has 1 aromatic heterocycles. The molecule has 110 valence electrons. The molecule has 1 saturated carbocycles. The molecular formula is C12H20N6O2. The van der Waals surface area contributed by atoms with Gasteiger partial charge in [-0.1, -0.05) is 0 Å². The fourth-order valence-electron chi connectivity index (χ4n) is 2.16. The van der Waals surface area contributed by atoms with Gasteiger partial charge in [0.2, 0.25) is 11.8 Å². The smallest absolute Gasteiger partial charge is 0.332 e. The van der Waals surface area contributed by atoms with Crippen LogP contribution in [0, 0.1) is 17.0 Å². The molecule has 8 heteroatoms. The lowest BCUT2D eigenvalue weighted by Crippen LogP contribution is -2.36. The first-order valence-electron chi connectivity index (χ1n) is 6.64. The number of hydrogen-bond acceptors (Lipinski definition) is 7. The van der Waals surface area contributed by atoms with Gasteiger partial charge in [0, 0.05) is 18.6 Å². The van der Waals surface area contributed by atoms with E-state index >= 15 is 0 Å². The number of nitrogens with zero attached hydrogens (tertiary/aromatic N) is 4. The molecule has 3 N–H and O–H groups in total. The summed E-state index contributed by atoms with van der Waals surface area (Å²) in [6.45, 7) is 4.21. The summed E-state index contributed by atoms with van der Waals surface area (Å²) in [5.41, 5.74) is 5.72. The number of aromatic nitrogens is 2. The lowest BCUT2D eigenvalue weighted by atomic mass is 10.2. The summed E-state index contributed by atoms with van der Waals surface area (Å²) in [4.78, 5) is 20.7. The van der Waals surface area contributed by atoms with Crippen LogP contribution in [-0.4, -0.2) is 45.5 Å². The number of nitrogens with one attached hydrogen (secondary N) is 1. The minimum atomic E-state index is -0.480. The zero-order valence-corrected chi connectivity index (χ0v) is 12.0. The van der Waals surface area contributed by atoms with Crippen LogP contribution in [0.3, 0.4) is 0 Å². The van der Waals surface area contributed by atoms with Gasteiger partial charge >= 0.3 is 5.69 Å². The highest BCUT2D eigenvalue weighted by Gasteiger charge is 2.29. The molecule has 8 nitrogen and oxygen atoms in total. The number of rotatable bonds is 6. The van der Waals surface area contributed by atoms with E-state index in [1.807, 2.05) is 0 Å². The summed E-state index contributed by atoms with van der Waals surface area (Å²) in [5, 5.41) is 14.1. The van der Waals surface area contributed by atoms with Crippen molar-refractivity contribution in [2.75, 3.05) is 24.6 Å². The van der Waals surface area contributed by atoms with Crippen molar-refractivity contribution in [2.24, 2.45) is 0 Å². The van der Waals surface area contributed by atoms with Gasteiger partial charge in [0.05, 0.1) is 4.92 Å². The molecule has 0 spiro atoms. The maximum atomic E-state index is 11.1. The minimum Gasteiger partial charge on any atom is -0.368 e. The molecule has 1 fully saturated rings. The molecule has 2 rings (SSSR count). The Hall–Kier alpha value is -1.96. The van der Waals surface area contributed by atoms with Gasteiger partial charge in [-0.15, -0.1) is 0 Å². The molecule has 1 aliphatic carbocycles. The molecule has 1 atom stereocenters. The molecule has 0 amide bonds. The molecule has 0 bridgehead atoms. The highest BCUT2D eigenvalue weighted by atomic mass is 16.6. The Kier molecular flexibility index (Phi) is 4.03. The van der Waals surface area contributed by atoms with Crippen LogP contribution in [0.15, 0.2) is 0 Å². The van der Waals surface area contributed by atoms with Crippen molar-refractivity contribution >= 4 is 17.5 Å². The van der Waals surface area contributed by atoms with Gasteiger partial charge in [-0.05, 0) is 33.7 Å². The van der Waals surface area contributed by atoms with Gasteiger partial charge in [0.15, 0.2) is 0 Å². The number of anilines is 2. The first-order valence-corrected chi connectivity index (χ1v) is 6.64. The number of likely N-dealkylation sites (N-methyl/N-ethyl adjacent to an activating group) is 1. The van der Waals surface area contributed by atoms with Crippen molar-refractivity contribution < 1.29 is 4.92 Å². The fraction of sp³-hybridized carbons (Fsp3) is 0.667. The molecule has 1 unspecified atom stereocenters. The number of nitrogen functional groups attached to an aromatic ring is 1. The van der Waals surface area contributed by atoms with E-state index in [1.165, 1.54) is 12.8 Å². The van der Waals surface area contributed by atoms with Gasteiger partial charge in [-0.3, -0.25) is 15.0 Å². The van der Waals surface area contributed by atoms with E-state index in [0.29, 0.717) is 12.6 Å². The zero-order chi connectivity index (χ0) is 14.9. The van der Waals surface area contributed by atoms with Gasteiger partial charge in [0.1, 0.15) is 5.69 Å². The van der Waals surface area contributed by atoms with Crippen LogP contribution in [0.1, 0.15) is 25.5 Å². The topological polar surface area (TPSA) is 110 Å². The van der Waals surface area contributed by atoms with Crippen molar-refractivity contribution in [2.45, 2.75) is 38.8 Å². The van der Waals surface area contributed by atoms with Crippen molar-refractivity contribution in [3.8, 4) is 0 Å². The third kappa shape index (κ3) is 3.13. The molecule has 20 heavy (non-hydrogen) atoms. The predicted molar refractivity (Wildman–Crippen MR) is 76.6 cm³/mol. The Bertz CT molecular complexity index is 517. The van der Waals surface area contributed by atoms with Gasteiger partial charge < -0.3 is 11.1 Å². The van der Waals surface area contributed by atoms with Crippen LogP contribution >= 0.6 is 0 Å². The largest absolute Gasteiger partial charge is 0.368 e. The molecule has 1 aromatic rings. The van der Waals surface area contributed by atoms with Gasteiger partial charge in [-0.25, -0.2) is 4.98 Å². The van der Waals surface area contributed by atoms with Crippen molar-refractivity contribution in [3.05, 3.63) is 15.8 Å². The van der Waals surface area contributed by atoms with E-state index in [4.69, 9.17) is 5.73 Å². The third-order valence-corrected chi connectivity index (χ3v) is 3.64. The Morgan fingerprint density at radius 3 is 2.75 bits per heavy atom. The van der Waals surface area contributed by atoms with Gasteiger partial charge in [0.25, 0.3) is 0 Å². The van der Waals surface area contributed by atoms with Crippen LogP contribution < -0.4 is 11.1 Å². The highest BCUT2D eigenvalue weighted by molar-refractivity contribution is 5.60. The normalized spacial score (nSPS) is 16.2. The van der Waals surface area contributed by atoms with Crippen LogP contribution in [0.5, 0.6) is 0 Å². The summed E-state index contributed by atoms with van der Waals surface area (Å²) in [6, 6.07) is 0.901. The van der Waals surface area contributed by atoms with Crippen LogP contribution in [0.25, 0.3) is 0 Å². The monoisotopic (exact) mass is 280 g/mol. The standard InChI is InChI=1S/C12H20N6O2/c1-7(17(3)9-4-5-9)6-14-11-10(18(19)20)8(2)15-12(13)16-11/h7,9H,4-6H2,1-3H3,(H3,13,14,15,16). The molecule has 0 saturated heterocycles. The summed E-state index contributed by atoms with van der Waals surface area (Å²) >= 11 is 0. The lowest BCUT2D eigenvalue weighted by molar-refractivity contribution is -0.385. The van der Waals surface area contributed by atoms with Crippen LogP contribution in [0.2, 0.25) is 0 Å². The first-order chi connectivity index (χ1) is 9.40. The molecular weight excluding hydrogens is 260 g/mol. The molecule has 1 aliphatic rings. The average molecular weight is 280 g/mol. The fourth-order valence-corrected chi connectivity index (χ4v) is 2.16. The summed E-state index contributed by atoms with van der Waals surface area (Å²) in [5.74, 6) is 0.231. The van der Waals surface area contributed by atoms with E-state index in [2.05, 4.69) is 34.2 Å². The van der Waals surface area contributed by atoms with E-state index < -0.39 is 4.92 Å². The van der Waals surface area contributed by atoms with E-state index in [1.54, 1.807) is 6.92 Å². The van der Waals surface area contributed by atoms with E-state index in [0.717, 1.165) is 0 Å². The Morgan fingerprint density at radius 1 is 1.55 bits per heavy atom. The van der Waals surface area contributed by atoms with Crippen LogP contribution in [0.4, 0.5) is 17.5 Å². The molecule has 1 heterocycles. The summed E-state index contributed by atoms with van der Waals surface area (Å²) < 4.78 is 0. The second kappa shape index (κ2) is 5.58. The number of nitro groups is 1. The summed E-state index contributed by atoms with van der Waals surface area (Å²) in [7, 11) is 2.07. The van der Waals surface area contributed by atoms with E-state index in [9.17, 15) is 10.1 Å². The Labute approximate surface area is 117 Å². The summed E-state index contributed by atoms with van der Waals surface area (Å²) in [6.07, 6.45) is 2.45. The maximum absolute atomic E-state index is 11.1. The maximum Gasteiger partial charge on any atom is 0.332 e. The van der Waals surface area contributed by atoms with Crippen molar-refractivity contribution in [1.29, 1.82) is 0 Å². The van der Waals surface area contributed by atoms with E-state index in [-0.39, 0.29) is 29.2 Å². The minimum absolute atomic E-state index is 0.0406. The quantitative estimate of drug-likeness (QED) is 0.594. The van der Waals surface area contributed by atoms with Crippen molar-refractivity contribution in [3.63, 3.8) is 0 Å². The first kappa shape index (κ1) is 14.4. The lowest BCUT2D eigenvalue weighted by Gasteiger charge is -2.24. The Balaban J connectivity index is 2.10. The third-order valence-electron chi connectivity index (χ3n) is 3.64. The molecule has 0 radical (unpaired) electrons. The average Bonchev–Trinajstić information content (AvgIpc) is 3.17. The second-order valence-electron chi connectivity index (χ2n) is 5.25. The molecule has 0 aliphatic heterocycles. The highest BCUT2D eigenvalue weighted by Crippen LogP contribution is 2.28. The number of aryl methyl sites for hydroxylation is 1. The van der Waals surface area contributed by atoms with Crippen LogP contribution in [-0.2, 0) is 0 Å². The molecule has 0 aromatic carbocycles. The van der Waals surface area contributed by atoms with Crippen molar-refractivity contribution in [1.82, 2.24) is 14.9 Å².